The van der Waals surface area contributed by atoms with E-state index in [9.17, 15) is 0 Å². The topological polar surface area (TPSA) is 36.0 Å². The third-order valence-electron chi connectivity index (χ3n) is 21.6. The molecule has 11 aromatic rings. The lowest BCUT2D eigenvalue weighted by Gasteiger charge is -2.51. The monoisotopic (exact) mass is 1100 g/mol. The molecule has 3 aliphatic heterocycles. The fourth-order valence-electron chi connectivity index (χ4n) is 16.5. The molecule has 84 heavy (non-hydrogen) atoms. The van der Waals surface area contributed by atoms with E-state index in [0.29, 0.717) is 0 Å². The normalized spacial score (nSPS) is 20.3. The molecular weight excluding hydrogens is 1020 g/mol. The number of nitrogens with zero attached hydrogens (tertiary/aromatic N) is 3. The van der Waals surface area contributed by atoms with Crippen molar-refractivity contribution >= 4 is 112 Å². The molecule has 0 amide bonds. The zero-order chi connectivity index (χ0) is 57.8. The molecule has 1 saturated carbocycles. The maximum absolute atomic E-state index is 7.43. The number of hydrogen-bond acceptors (Lipinski definition) is 5. The van der Waals surface area contributed by atoms with Crippen molar-refractivity contribution in [3.05, 3.63) is 198 Å². The van der Waals surface area contributed by atoms with Crippen LogP contribution < -0.4 is 31.1 Å². The third kappa shape index (κ3) is 7.09. The number of anilines is 8. The Hall–Kier alpha value is -7.96. The van der Waals surface area contributed by atoms with E-state index in [2.05, 4.69) is 268 Å². The van der Waals surface area contributed by atoms with Crippen molar-refractivity contribution in [3.8, 4) is 11.1 Å². The van der Waals surface area contributed by atoms with Crippen molar-refractivity contribution in [2.75, 3.05) is 14.7 Å². The van der Waals surface area contributed by atoms with Crippen LogP contribution in [0.4, 0.5) is 45.5 Å². The van der Waals surface area contributed by atoms with Gasteiger partial charge in [0.1, 0.15) is 16.7 Å². The van der Waals surface area contributed by atoms with Gasteiger partial charge in [-0.25, -0.2) is 0 Å². The number of hydrogen-bond donors (Lipinski definition) is 0. The molecule has 2 aromatic heterocycles. The molecule has 5 aliphatic rings. The van der Waals surface area contributed by atoms with E-state index >= 15 is 0 Å². The molecule has 9 aromatic carbocycles. The first-order chi connectivity index (χ1) is 40.1. The summed E-state index contributed by atoms with van der Waals surface area (Å²) in [6.45, 7) is 29.0. The van der Waals surface area contributed by atoms with Crippen LogP contribution in [0.3, 0.4) is 0 Å². The van der Waals surface area contributed by atoms with E-state index in [1.165, 1.54) is 90.9 Å². The second-order valence-corrected chi connectivity index (χ2v) is 29.4. The lowest BCUT2D eigenvalue weighted by Crippen LogP contribution is -2.62. The molecule has 5 nitrogen and oxygen atoms in total. The lowest BCUT2D eigenvalue weighted by atomic mass is 9.33. The molecule has 2 aliphatic carbocycles. The minimum atomic E-state index is -0.226. The van der Waals surface area contributed by atoms with E-state index in [-0.39, 0.29) is 39.3 Å². The number of para-hydroxylation sites is 3. The molecule has 16 rings (SSSR count). The summed E-state index contributed by atoms with van der Waals surface area (Å²) in [6, 6.07) is 65.3. The maximum atomic E-state index is 7.43. The summed E-state index contributed by atoms with van der Waals surface area (Å²) in [4.78, 5) is 8.14. The van der Waals surface area contributed by atoms with Crippen LogP contribution in [0.2, 0.25) is 0 Å². The molecule has 5 heterocycles. The van der Waals surface area contributed by atoms with E-state index in [0.717, 1.165) is 92.3 Å². The number of fused-ring (bicyclic) bond motifs is 15. The van der Waals surface area contributed by atoms with Crippen molar-refractivity contribution in [1.29, 1.82) is 0 Å². The zero-order valence-electron chi connectivity index (χ0n) is 51.1. The fraction of sp³-hybridized carbons (Fsp3) is 0.308. The van der Waals surface area contributed by atoms with Gasteiger partial charge in [0.25, 0.3) is 6.71 Å². The van der Waals surface area contributed by atoms with Crippen LogP contribution in [-0.4, -0.2) is 12.3 Å². The average molecular weight is 1100 g/mol. The summed E-state index contributed by atoms with van der Waals surface area (Å²) < 4.78 is 14.7. The molecule has 6 heteroatoms. The predicted octanol–water partition coefficient (Wildman–Crippen LogP) is 19.9. The molecule has 0 radical (unpaired) electrons. The summed E-state index contributed by atoms with van der Waals surface area (Å²) in [5.41, 5.74) is 25.7. The maximum Gasteiger partial charge on any atom is 0.257 e. The summed E-state index contributed by atoms with van der Waals surface area (Å²) >= 11 is 0. The summed E-state index contributed by atoms with van der Waals surface area (Å²) in [7, 11) is 0. The molecule has 0 bridgehead atoms. The number of rotatable bonds is 4. The van der Waals surface area contributed by atoms with Gasteiger partial charge in [-0.1, -0.05) is 192 Å². The van der Waals surface area contributed by atoms with Crippen LogP contribution in [0.1, 0.15) is 149 Å². The second-order valence-electron chi connectivity index (χ2n) is 29.4. The highest BCUT2D eigenvalue weighted by molar-refractivity contribution is 7.01. The van der Waals surface area contributed by atoms with Gasteiger partial charge in [-0.15, -0.1) is 0 Å². The Bertz CT molecular complexity index is 4600. The number of furan rings is 2. The van der Waals surface area contributed by atoms with E-state index in [1.807, 2.05) is 0 Å². The van der Waals surface area contributed by atoms with Gasteiger partial charge >= 0.3 is 0 Å². The molecule has 2 unspecified atom stereocenters. The Morgan fingerprint density at radius 1 is 0.417 bits per heavy atom. The fourth-order valence-corrected chi connectivity index (χ4v) is 16.5. The van der Waals surface area contributed by atoms with Crippen LogP contribution in [0, 0.1) is 0 Å². The van der Waals surface area contributed by atoms with Crippen LogP contribution in [0.15, 0.2) is 179 Å². The third-order valence-corrected chi connectivity index (χ3v) is 21.6. The first-order valence-electron chi connectivity index (χ1n) is 31.1. The summed E-state index contributed by atoms with van der Waals surface area (Å²) in [5.74, 6) is 0. The Labute approximate surface area is 496 Å². The minimum absolute atomic E-state index is 0.00156. The van der Waals surface area contributed by atoms with Gasteiger partial charge in [0.2, 0.25) is 0 Å². The molecular formula is C78H76BN3O2. The Kier molecular flexibility index (Phi) is 10.7. The molecule has 418 valence electrons. The van der Waals surface area contributed by atoms with E-state index < -0.39 is 0 Å². The molecule has 0 N–H and O–H groups in total. The van der Waals surface area contributed by atoms with Gasteiger partial charge in [-0.05, 0) is 171 Å². The number of benzene rings is 9. The highest BCUT2D eigenvalue weighted by Gasteiger charge is 2.59. The summed E-state index contributed by atoms with van der Waals surface area (Å²) in [6.07, 6.45) is 6.84. The Morgan fingerprint density at radius 3 is 1.65 bits per heavy atom. The highest BCUT2D eigenvalue weighted by Crippen LogP contribution is 2.63. The molecule has 1 fully saturated rings. The van der Waals surface area contributed by atoms with Crippen molar-refractivity contribution in [3.63, 3.8) is 0 Å². The van der Waals surface area contributed by atoms with Gasteiger partial charge in [0.15, 0.2) is 5.58 Å². The van der Waals surface area contributed by atoms with Crippen molar-refractivity contribution in [2.45, 2.75) is 154 Å². The molecule has 0 saturated heterocycles. The average Bonchev–Trinajstić information content (AvgIpc) is 1.19. The highest BCUT2D eigenvalue weighted by atomic mass is 16.3. The largest absolute Gasteiger partial charge is 0.457 e. The van der Waals surface area contributed by atoms with Crippen LogP contribution in [-0.2, 0) is 27.1 Å². The van der Waals surface area contributed by atoms with E-state index in [4.69, 9.17) is 8.83 Å². The van der Waals surface area contributed by atoms with Gasteiger partial charge in [-0.3, -0.25) is 0 Å². The van der Waals surface area contributed by atoms with Crippen LogP contribution in [0.5, 0.6) is 0 Å². The molecule has 2 atom stereocenters. The second kappa shape index (κ2) is 17.3. The quantitative estimate of drug-likeness (QED) is 0.164. The van der Waals surface area contributed by atoms with Crippen molar-refractivity contribution in [1.82, 2.24) is 0 Å². The lowest BCUT2D eigenvalue weighted by molar-refractivity contribution is 0.195. The van der Waals surface area contributed by atoms with E-state index in [1.54, 1.807) is 0 Å². The van der Waals surface area contributed by atoms with Gasteiger partial charge in [0, 0.05) is 66.6 Å². The van der Waals surface area contributed by atoms with Crippen molar-refractivity contribution < 1.29 is 8.83 Å². The first-order valence-corrected chi connectivity index (χ1v) is 31.1. The van der Waals surface area contributed by atoms with Crippen LogP contribution in [0.25, 0.3) is 55.0 Å². The smallest absolute Gasteiger partial charge is 0.257 e. The Morgan fingerprint density at radius 2 is 0.976 bits per heavy atom. The van der Waals surface area contributed by atoms with Crippen molar-refractivity contribution in [2.24, 2.45) is 0 Å². The Balaban J connectivity index is 1.10. The van der Waals surface area contributed by atoms with Gasteiger partial charge in [0.05, 0.1) is 16.9 Å². The summed E-state index contributed by atoms with van der Waals surface area (Å²) in [5, 5.41) is 4.52. The van der Waals surface area contributed by atoms with Gasteiger partial charge in [-0.2, -0.15) is 0 Å². The minimum Gasteiger partial charge on any atom is -0.457 e. The zero-order valence-corrected chi connectivity index (χ0v) is 51.1. The van der Waals surface area contributed by atoms with Crippen LogP contribution >= 0.6 is 0 Å². The first kappa shape index (κ1) is 51.7. The SMILES string of the molecule is CC(C)(C)c1ccc(N2c3cc(N4c5ccc(C(C)(C)C)cc5C5(C)CCCCC45C)cc4c3B(c3cc5c(cc3N4c3cccc4c3oc3ccccc34)C(C)(C)CCC5(C)C)c3c2ccc2c3oc3ccccc32)c(-c2ccccc2)c1. The van der Waals surface area contributed by atoms with Gasteiger partial charge < -0.3 is 23.5 Å². The molecule has 0 spiro atoms. The predicted molar refractivity (Wildman–Crippen MR) is 356 cm³/mol. The standard InChI is InChI=1S/C78H76BN3O2/c1-73(2,3)48-31-34-60(55(41-48)47-23-14-13-15-24-47)80-62-36-33-54-52-26-17-19-30-68(52)84-72(54)70(62)79-59-45-56-57(76(9,10)40-39-75(56,7)8)46-64(59)81(63-28-22-27-53-51-25-16-18-29-67(51)83-71(53)63)66-44-50(43-65(80)69(66)79)82-61-35-32-49(74(4,5)6)42-58(61)77(11)37-20-21-38-78(77,82)12/h13-19,22-36,41-46H,20-21,37-40H2,1-12H3.